The van der Waals surface area contributed by atoms with Crippen LogP contribution in [0.15, 0.2) is 12.2 Å². The Balaban J connectivity index is 2.34. The van der Waals surface area contributed by atoms with Crippen molar-refractivity contribution in [1.29, 1.82) is 0 Å². The summed E-state index contributed by atoms with van der Waals surface area (Å²) < 4.78 is 1.46. The van der Waals surface area contributed by atoms with E-state index in [0.29, 0.717) is 11.8 Å². The molecule has 0 aliphatic heterocycles. The zero-order valence-corrected chi connectivity index (χ0v) is 7.36. The minimum atomic E-state index is 0.226. The van der Waals surface area contributed by atoms with E-state index in [-0.39, 0.29) is 11.8 Å². The van der Waals surface area contributed by atoms with Gasteiger partial charge in [0.05, 0.1) is 0 Å². The summed E-state index contributed by atoms with van der Waals surface area (Å²) in [6.45, 7) is 0. The van der Waals surface area contributed by atoms with Crippen LogP contribution < -0.4 is 0 Å². The molecule has 1 aromatic rings. The molecule has 0 amide bonds. The number of aromatic nitrogens is 1. The Morgan fingerprint density at radius 2 is 1.62 bits per heavy atom. The number of hydrogen-bond donors (Lipinski definition) is 2. The maximum absolute atomic E-state index is 9.73. The molecule has 2 N–H and O–H groups in total. The average Bonchev–Trinajstić information content (AvgIpc) is 2.76. The highest BCUT2D eigenvalue weighted by atomic mass is 16.3. The van der Waals surface area contributed by atoms with Crippen LogP contribution in [-0.4, -0.2) is 14.8 Å². The van der Waals surface area contributed by atoms with Crippen molar-refractivity contribution < 1.29 is 10.2 Å². The van der Waals surface area contributed by atoms with Crippen molar-refractivity contribution in [2.75, 3.05) is 0 Å². The molecule has 68 valence electrons. The quantitative estimate of drug-likeness (QED) is 0.591. The molecule has 0 spiro atoms. The summed E-state index contributed by atoms with van der Waals surface area (Å²) >= 11 is 0. The molecule has 1 aromatic heterocycles. The molecule has 0 radical (unpaired) electrons. The zero-order chi connectivity index (χ0) is 9.16. The third-order valence-electron chi connectivity index (χ3n) is 3.23. The standard InChI is InChI=1S/C10H11NO2/c1-11-9(12)7-5-2-3-6(4-5)8(7)10(11)13/h2-3,5-6,12-13H,4H2,1H3. The van der Waals surface area contributed by atoms with Crippen LogP contribution >= 0.6 is 0 Å². The largest absolute Gasteiger partial charge is 0.494 e. The highest BCUT2D eigenvalue weighted by molar-refractivity contribution is 5.58. The molecule has 2 aliphatic rings. The topological polar surface area (TPSA) is 45.4 Å². The maximum atomic E-state index is 9.73. The van der Waals surface area contributed by atoms with Gasteiger partial charge < -0.3 is 10.2 Å². The Morgan fingerprint density at radius 1 is 1.15 bits per heavy atom. The van der Waals surface area contributed by atoms with E-state index >= 15 is 0 Å². The van der Waals surface area contributed by atoms with Crippen LogP contribution in [-0.2, 0) is 7.05 Å². The van der Waals surface area contributed by atoms with Crippen molar-refractivity contribution in [3.05, 3.63) is 23.3 Å². The van der Waals surface area contributed by atoms with Gasteiger partial charge in [-0.1, -0.05) is 12.2 Å². The van der Waals surface area contributed by atoms with Crippen LogP contribution in [0, 0.1) is 0 Å². The Hall–Kier alpha value is -1.38. The van der Waals surface area contributed by atoms with E-state index in [4.69, 9.17) is 0 Å². The summed E-state index contributed by atoms with van der Waals surface area (Å²) in [5.41, 5.74) is 1.88. The first kappa shape index (κ1) is 7.06. The second kappa shape index (κ2) is 1.92. The normalized spacial score (nSPS) is 28.4. The lowest BCUT2D eigenvalue weighted by Crippen LogP contribution is -1.90. The number of allylic oxidation sites excluding steroid dienone is 2. The third-order valence-corrected chi connectivity index (χ3v) is 3.23. The van der Waals surface area contributed by atoms with Gasteiger partial charge in [-0.25, -0.2) is 0 Å². The van der Waals surface area contributed by atoms with Crippen LogP contribution in [0.3, 0.4) is 0 Å². The highest BCUT2D eigenvalue weighted by Crippen LogP contribution is 2.55. The van der Waals surface area contributed by atoms with Gasteiger partial charge in [0.2, 0.25) is 0 Å². The van der Waals surface area contributed by atoms with E-state index < -0.39 is 0 Å². The zero-order valence-electron chi connectivity index (χ0n) is 7.36. The van der Waals surface area contributed by atoms with Gasteiger partial charge in [0.15, 0.2) is 11.8 Å². The molecule has 2 atom stereocenters. The Bertz CT molecular complexity index is 382. The monoisotopic (exact) mass is 177 g/mol. The summed E-state index contributed by atoms with van der Waals surface area (Å²) in [6.07, 6.45) is 5.25. The maximum Gasteiger partial charge on any atom is 0.197 e. The van der Waals surface area contributed by atoms with Crippen LogP contribution in [0.25, 0.3) is 0 Å². The molecule has 0 aromatic carbocycles. The van der Waals surface area contributed by atoms with E-state index in [1.54, 1.807) is 7.05 Å². The number of hydrogen-bond acceptors (Lipinski definition) is 2. The molecule has 2 unspecified atom stereocenters. The van der Waals surface area contributed by atoms with Gasteiger partial charge in [-0.05, 0) is 6.42 Å². The predicted molar refractivity (Wildman–Crippen MR) is 48.0 cm³/mol. The van der Waals surface area contributed by atoms with E-state index in [0.717, 1.165) is 17.5 Å². The number of aromatic hydroxyl groups is 2. The smallest absolute Gasteiger partial charge is 0.197 e. The van der Waals surface area contributed by atoms with Crippen molar-refractivity contribution in [1.82, 2.24) is 4.57 Å². The first-order valence-electron chi connectivity index (χ1n) is 4.49. The Morgan fingerprint density at radius 3 is 2.08 bits per heavy atom. The van der Waals surface area contributed by atoms with Crippen molar-refractivity contribution >= 4 is 0 Å². The van der Waals surface area contributed by atoms with Gasteiger partial charge in [-0.2, -0.15) is 0 Å². The summed E-state index contributed by atoms with van der Waals surface area (Å²) in [5, 5.41) is 19.5. The fourth-order valence-electron chi connectivity index (χ4n) is 2.56. The van der Waals surface area contributed by atoms with E-state index in [9.17, 15) is 10.2 Å². The third kappa shape index (κ3) is 0.622. The molecular weight excluding hydrogens is 166 g/mol. The minimum Gasteiger partial charge on any atom is -0.494 e. The number of rotatable bonds is 0. The van der Waals surface area contributed by atoms with Crippen molar-refractivity contribution in [2.45, 2.75) is 18.3 Å². The summed E-state index contributed by atoms with van der Waals surface area (Å²) in [6, 6.07) is 0. The fourth-order valence-corrected chi connectivity index (χ4v) is 2.56. The van der Waals surface area contributed by atoms with E-state index in [1.165, 1.54) is 4.57 Å². The van der Waals surface area contributed by atoms with Crippen LogP contribution in [0.4, 0.5) is 0 Å². The summed E-state index contributed by atoms with van der Waals surface area (Å²) in [4.78, 5) is 0. The van der Waals surface area contributed by atoms with Crippen molar-refractivity contribution in [3.63, 3.8) is 0 Å². The van der Waals surface area contributed by atoms with Crippen molar-refractivity contribution in [2.24, 2.45) is 7.05 Å². The lowest BCUT2D eigenvalue weighted by Gasteiger charge is -2.03. The lowest BCUT2D eigenvalue weighted by molar-refractivity contribution is 0.380. The molecule has 0 saturated heterocycles. The van der Waals surface area contributed by atoms with E-state index in [1.807, 2.05) is 0 Å². The van der Waals surface area contributed by atoms with E-state index in [2.05, 4.69) is 12.2 Å². The van der Waals surface area contributed by atoms with Gasteiger partial charge >= 0.3 is 0 Å². The lowest BCUT2D eigenvalue weighted by atomic mass is 10.0. The predicted octanol–water partition coefficient (Wildman–Crippen LogP) is 1.58. The van der Waals surface area contributed by atoms with Gasteiger partial charge in [-0.15, -0.1) is 0 Å². The first-order chi connectivity index (χ1) is 6.20. The molecule has 2 aliphatic carbocycles. The van der Waals surface area contributed by atoms with Crippen molar-refractivity contribution in [3.8, 4) is 11.8 Å². The highest BCUT2D eigenvalue weighted by Gasteiger charge is 2.40. The van der Waals surface area contributed by atoms with Gasteiger partial charge in [0.25, 0.3) is 0 Å². The molecule has 0 saturated carbocycles. The van der Waals surface area contributed by atoms with Gasteiger partial charge in [0.1, 0.15) is 0 Å². The number of fused-ring (bicyclic) bond motifs is 5. The van der Waals surface area contributed by atoms with Crippen LogP contribution in [0.2, 0.25) is 0 Å². The van der Waals surface area contributed by atoms with Gasteiger partial charge in [0, 0.05) is 30.0 Å². The SMILES string of the molecule is Cn1c(O)c2c(c1O)C1C=CC2C1. The number of nitrogens with zero attached hydrogens (tertiary/aromatic N) is 1. The average molecular weight is 177 g/mol. The van der Waals surface area contributed by atoms with Gasteiger partial charge in [-0.3, -0.25) is 4.57 Å². The molecule has 3 nitrogen and oxygen atoms in total. The molecule has 3 rings (SSSR count). The Labute approximate surface area is 75.9 Å². The Kier molecular flexibility index (Phi) is 1.04. The second-order valence-corrected chi connectivity index (χ2v) is 3.87. The summed E-state index contributed by atoms with van der Waals surface area (Å²) in [5.74, 6) is 1.10. The summed E-state index contributed by atoms with van der Waals surface area (Å²) in [7, 11) is 1.68. The van der Waals surface area contributed by atoms with Crippen LogP contribution in [0.1, 0.15) is 29.4 Å². The second-order valence-electron chi connectivity index (χ2n) is 3.87. The van der Waals surface area contributed by atoms with Crippen LogP contribution in [0.5, 0.6) is 11.8 Å². The molecular formula is C10H11NO2. The molecule has 2 bridgehead atoms. The fraction of sp³-hybridized carbons (Fsp3) is 0.400. The molecule has 3 heteroatoms. The molecule has 0 fully saturated rings. The molecule has 1 heterocycles. The molecule has 13 heavy (non-hydrogen) atoms. The first-order valence-corrected chi connectivity index (χ1v) is 4.49. The minimum absolute atomic E-state index is 0.226.